The molecule has 2 amide bonds. The zero-order chi connectivity index (χ0) is 20.7. The predicted octanol–water partition coefficient (Wildman–Crippen LogP) is 3.22. The van der Waals surface area contributed by atoms with Gasteiger partial charge in [0, 0.05) is 43.7 Å². The second-order valence-corrected chi connectivity index (χ2v) is 8.27. The van der Waals surface area contributed by atoms with Gasteiger partial charge >= 0.3 is 6.03 Å². The Hall–Kier alpha value is -3.10. The van der Waals surface area contributed by atoms with Gasteiger partial charge in [-0.25, -0.2) is 9.48 Å². The molecule has 9 nitrogen and oxygen atoms in total. The van der Waals surface area contributed by atoms with E-state index in [-0.39, 0.29) is 11.9 Å². The lowest BCUT2D eigenvalue weighted by atomic mass is 9.96. The quantitative estimate of drug-likeness (QED) is 0.601. The van der Waals surface area contributed by atoms with E-state index in [9.17, 15) is 4.79 Å². The van der Waals surface area contributed by atoms with Gasteiger partial charge in [-0.3, -0.25) is 5.10 Å². The van der Waals surface area contributed by atoms with E-state index >= 15 is 0 Å². The summed E-state index contributed by atoms with van der Waals surface area (Å²) in [5.74, 6) is 2.46. The Morgan fingerprint density at radius 1 is 1.20 bits per heavy atom. The third-order valence-electron chi connectivity index (χ3n) is 6.15. The lowest BCUT2D eigenvalue weighted by Crippen LogP contribution is -2.44. The van der Waals surface area contributed by atoms with E-state index in [1.165, 1.54) is 23.8 Å². The molecule has 2 aliphatic rings. The smallest absolute Gasteiger partial charge is 0.317 e. The summed E-state index contributed by atoms with van der Waals surface area (Å²) < 4.78 is 1.82. The molecule has 3 aromatic rings. The molecule has 0 bridgehead atoms. The van der Waals surface area contributed by atoms with Crippen LogP contribution in [0.5, 0.6) is 0 Å². The van der Waals surface area contributed by atoms with Crippen molar-refractivity contribution in [2.75, 3.05) is 25.0 Å². The summed E-state index contributed by atoms with van der Waals surface area (Å²) >= 11 is 0. The molecule has 3 N–H and O–H groups in total. The molecule has 0 spiro atoms. The normalized spacial score (nSPS) is 17.5. The number of likely N-dealkylation sites (tertiary alicyclic amines) is 1. The predicted molar refractivity (Wildman–Crippen MR) is 115 cm³/mol. The van der Waals surface area contributed by atoms with Gasteiger partial charge in [-0.15, -0.1) is 0 Å². The van der Waals surface area contributed by atoms with E-state index < -0.39 is 0 Å². The monoisotopic (exact) mass is 408 g/mol. The van der Waals surface area contributed by atoms with Crippen molar-refractivity contribution in [2.24, 2.45) is 7.05 Å². The second-order valence-electron chi connectivity index (χ2n) is 8.27. The number of aromatic nitrogens is 5. The Labute approximate surface area is 175 Å². The highest BCUT2D eigenvalue weighted by Gasteiger charge is 2.30. The number of H-pyrrole nitrogens is 1. The van der Waals surface area contributed by atoms with E-state index in [2.05, 4.69) is 38.1 Å². The molecule has 158 valence electrons. The van der Waals surface area contributed by atoms with Gasteiger partial charge in [-0.05, 0) is 56.2 Å². The number of aromatic amines is 1. The Balaban J connectivity index is 1.33. The number of carbonyl (C=O) groups is 1. The number of urea groups is 1. The van der Waals surface area contributed by atoms with Crippen molar-refractivity contribution < 1.29 is 4.79 Å². The van der Waals surface area contributed by atoms with Crippen LogP contribution in [-0.2, 0) is 7.05 Å². The number of rotatable bonds is 5. The van der Waals surface area contributed by atoms with Crippen molar-refractivity contribution >= 4 is 28.6 Å². The zero-order valence-electron chi connectivity index (χ0n) is 17.5. The van der Waals surface area contributed by atoms with Crippen molar-refractivity contribution in [1.29, 1.82) is 0 Å². The van der Waals surface area contributed by atoms with Gasteiger partial charge in [-0.2, -0.15) is 15.2 Å². The van der Waals surface area contributed by atoms with Gasteiger partial charge in [0.15, 0.2) is 5.82 Å². The first kappa shape index (κ1) is 18.9. The summed E-state index contributed by atoms with van der Waals surface area (Å²) in [7, 11) is 1.93. The number of aryl methyl sites for hydroxylation is 1. The van der Waals surface area contributed by atoms with Gasteiger partial charge < -0.3 is 15.5 Å². The molecular formula is C21H28N8O. The Kier molecular flexibility index (Phi) is 4.80. The van der Waals surface area contributed by atoms with Crippen LogP contribution in [0.2, 0.25) is 0 Å². The summed E-state index contributed by atoms with van der Waals surface area (Å²) in [5, 5.41) is 19.5. The standard InChI is InChI=1S/C21H28N8O/c1-3-22-21(30)29-10-8-14(9-11-29)19-25-20(28(2)27-19)24-17-7-6-16-15(12-23-26-16)18(17)13-4-5-13/h6-7,12-14H,3-5,8-11H2,1-2H3,(H,22,30)(H,23,26)(H,24,25,27). The molecule has 2 aromatic heterocycles. The fraction of sp³-hybridized carbons (Fsp3) is 0.524. The van der Waals surface area contributed by atoms with Crippen molar-refractivity contribution in [3.05, 3.63) is 29.7 Å². The van der Waals surface area contributed by atoms with E-state index in [1.807, 2.05) is 29.7 Å². The molecule has 9 heteroatoms. The minimum absolute atomic E-state index is 0.0227. The fourth-order valence-corrected chi connectivity index (χ4v) is 4.37. The average molecular weight is 409 g/mol. The van der Waals surface area contributed by atoms with Crippen LogP contribution in [0.25, 0.3) is 10.9 Å². The fourth-order valence-electron chi connectivity index (χ4n) is 4.37. The lowest BCUT2D eigenvalue weighted by molar-refractivity contribution is 0.181. The Morgan fingerprint density at radius 3 is 2.73 bits per heavy atom. The summed E-state index contributed by atoms with van der Waals surface area (Å²) in [6.45, 7) is 4.07. The van der Waals surface area contributed by atoms with Crippen molar-refractivity contribution in [3.63, 3.8) is 0 Å². The number of hydrogen-bond acceptors (Lipinski definition) is 5. The first-order valence-electron chi connectivity index (χ1n) is 10.8. The highest BCUT2D eigenvalue weighted by molar-refractivity contribution is 5.88. The van der Waals surface area contributed by atoms with Crippen molar-refractivity contribution in [2.45, 2.75) is 44.4 Å². The summed E-state index contributed by atoms with van der Waals surface area (Å²) in [5.41, 5.74) is 3.47. The maximum Gasteiger partial charge on any atom is 0.317 e. The van der Waals surface area contributed by atoms with E-state index in [1.54, 1.807) is 0 Å². The van der Waals surface area contributed by atoms with E-state index in [0.29, 0.717) is 12.5 Å². The molecular weight excluding hydrogens is 380 g/mol. The first-order valence-corrected chi connectivity index (χ1v) is 10.8. The number of anilines is 2. The number of carbonyl (C=O) groups excluding carboxylic acids is 1. The molecule has 3 heterocycles. The Bertz CT molecular complexity index is 1060. The number of nitrogens with one attached hydrogen (secondary N) is 3. The van der Waals surface area contributed by atoms with Crippen LogP contribution in [0.4, 0.5) is 16.4 Å². The molecule has 5 rings (SSSR count). The highest BCUT2D eigenvalue weighted by Crippen LogP contribution is 2.47. The SMILES string of the molecule is CCNC(=O)N1CCC(c2nc(Nc3ccc4[nH]ncc4c3C3CC3)n(C)n2)CC1. The summed E-state index contributed by atoms with van der Waals surface area (Å²) in [6, 6.07) is 4.19. The third kappa shape index (κ3) is 3.48. The summed E-state index contributed by atoms with van der Waals surface area (Å²) in [6.07, 6.45) is 6.11. The minimum atomic E-state index is 0.0227. The maximum atomic E-state index is 12.0. The molecule has 0 radical (unpaired) electrons. The third-order valence-corrected chi connectivity index (χ3v) is 6.15. The van der Waals surface area contributed by atoms with Crippen LogP contribution in [0, 0.1) is 0 Å². The molecule has 1 saturated heterocycles. The zero-order valence-corrected chi connectivity index (χ0v) is 17.5. The van der Waals surface area contributed by atoms with Crippen LogP contribution in [-0.4, -0.2) is 55.5 Å². The van der Waals surface area contributed by atoms with Crippen molar-refractivity contribution in [3.8, 4) is 0 Å². The van der Waals surface area contributed by atoms with Crippen LogP contribution >= 0.6 is 0 Å². The molecule has 0 atom stereocenters. The molecule has 1 aliphatic heterocycles. The molecule has 30 heavy (non-hydrogen) atoms. The maximum absolute atomic E-state index is 12.0. The number of piperidine rings is 1. The van der Waals surface area contributed by atoms with Gasteiger partial charge in [-0.1, -0.05) is 0 Å². The lowest BCUT2D eigenvalue weighted by Gasteiger charge is -2.30. The number of amides is 2. The number of nitrogens with zero attached hydrogens (tertiary/aromatic N) is 5. The van der Waals surface area contributed by atoms with Crippen LogP contribution in [0.15, 0.2) is 18.3 Å². The van der Waals surface area contributed by atoms with E-state index in [0.717, 1.165) is 48.9 Å². The molecule has 1 saturated carbocycles. The van der Waals surface area contributed by atoms with Gasteiger partial charge in [0.05, 0.1) is 11.7 Å². The van der Waals surface area contributed by atoms with Gasteiger partial charge in [0.1, 0.15) is 0 Å². The number of benzene rings is 1. The molecule has 0 unspecified atom stereocenters. The van der Waals surface area contributed by atoms with Crippen LogP contribution in [0.1, 0.15) is 55.8 Å². The largest absolute Gasteiger partial charge is 0.338 e. The first-order chi connectivity index (χ1) is 14.6. The van der Waals surface area contributed by atoms with Crippen LogP contribution < -0.4 is 10.6 Å². The van der Waals surface area contributed by atoms with E-state index in [4.69, 9.17) is 4.98 Å². The summed E-state index contributed by atoms with van der Waals surface area (Å²) in [4.78, 5) is 18.7. The van der Waals surface area contributed by atoms with Gasteiger partial charge in [0.2, 0.25) is 5.95 Å². The number of hydrogen-bond donors (Lipinski definition) is 3. The average Bonchev–Trinajstić information content (AvgIpc) is 3.36. The van der Waals surface area contributed by atoms with Crippen LogP contribution in [0.3, 0.4) is 0 Å². The Morgan fingerprint density at radius 2 is 2.00 bits per heavy atom. The minimum Gasteiger partial charge on any atom is -0.338 e. The number of fused-ring (bicyclic) bond motifs is 1. The highest BCUT2D eigenvalue weighted by atomic mass is 16.2. The second kappa shape index (κ2) is 7.62. The topological polar surface area (TPSA) is 104 Å². The molecule has 1 aromatic carbocycles. The molecule has 2 fully saturated rings. The van der Waals surface area contributed by atoms with Gasteiger partial charge in [0.25, 0.3) is 0 Å². The van der Waals surface area contributed by atoms with Crippen molar-refractivity contribution in [1.82, 2.24) is 35.2 Å². The molecule has 1 aliphatic carbocycles.